The first-order valence-electron chi connectivity index (χ1n) is 6.74. The van der Waals surface area contributed by atoms with E-state index in [1.807, 2.05) is 11.7 Å². The number of aryl methyl sites for hydroxylation is 1. The predicted octanol–water partition coefficient (Wildman–Crippen LogP) is 1.54. The summed E-state index contributed by atoms with van der Waals surface area (Å²) in [7, 11) is 3.73. The van der Waals surface area contributed by atoms with E-state index in [-0.39, 0.29) is 11.6 Å². The summed E-state index contributed by atoms with van der Waals surface area (Å²) in [6.07, 6.45) is 4.40. The standard InChI is InChI=1S/C13H26N4O/c1-6-13(7-2,18-5)11(14-8-3)9-12-15-10-16-17(12)4/h10-11,14H,6-9H2,1-5H3. The number of likely N-dealkylation sites (N-methyl/N-ethyl adjacent to an activating group) is 1. The van der Waals surface area contributed by atoms with Crippen LogP contribution in [0.15, 0.2) is 6.33 Å². The summed E-state index contributed by atoms with van der Waals surface area (Å²) in [4.78, 5) is 4.31. The lowest BCUT2D eigenvalue weighted by Crippen LogP contribution is -2.53. The van der Waals surface area contributed by atoms with Gasteiger partial charge >= 0.3 is 0 Å². The second-order valence-corrected chi connectivity index (χ2v) is 4.59. The van der Waals surface area contributed by atoms with Crippen LogP contribution in [-0.2, 0) is 18.2 Å². The van der Waals surface area contributed by atoms with Crippen LogP contribution in [0.3, 0.4) is 0 Å². The first-order valence-corrected chi connectivity index (χ1v) is 6.74. The monoisotopic (exact) mass is 254 g/mol. The van der Waals surface area contributed by atoms with E-state index < -0.39 is 0 Å². The lowest BCUT2D eigenvalue weighted by Gasteiger charge is -2.38. The highest BCUT2D eigenvalue weighted by Gasteiger charge is 2.36. The summed E-state index contributed by atoms with van der Waals surface area (Å²) >= 11 is 0. The van der Waals surface area contributed by atoms with Gasteiger partial charge < -0.3 is 10.1 Å². The van der Waals surface area contributed by atoms with Gasteiger partial charge in [0, 0.05) is 26.6 Å². The van der Waals surface area contributed by atoms with Crippen LogP contribution < -0.4 is 5.32 Å². The van der Waals surface area contributed by atoms with Crippen molar-refractivity contribution in [2.75, 3.05) is 13.7 Å². The minimum absolute atomic E-state index is 0.137. The Morgan fingerprint density at radius 3 is 2.44 bits per heavy atom. The summed E-state index contributed by atoms with van der Waals surface area (Å²) in [5.74, 6) is 0.990. The number of ether oxygens (including phenoxy) is 1. The maximum Gasteiger partial charge on any atom is 0.138 e. The van der Waals surface area contributed by atoms with E-state index in [1.165, 1.54) is 0 Å². The van der Waals surface area contributed by atoms with Gasteiger partial charge in [-0.15, -0.1) is 0 Å². The van der Waals surface area contributed by atoms with E-state index in [0.717, 1.165) is 31.6 Å². The molecule has 0 aliphatic rings. The summed E-state index contributed by atoms with van der Waals surface area (Å²) in [6.45, 7) is 7.39. The zero-order chi connectivity index (χ0) is 13.6. The van der Waals surface area contributed by atoms with E-state index in [9.17, 15) is 0 Å². The van der Waals surface area contributed by atoms with Crippen molar-refractivity contribution in [3.8, 4) is 0 Å². The molecule has 1 unspecified atom stereocenters. The molecule has 1 heterocycles. The van der Waals surface area contributed by atoms with Crippen molar-refractivity contribution in [1.82, 2.24) is 20.1 Å². The van der Waals surface area contributed by atoms with Crippen LogP contribution in [0.2, 0.25) is 0 Å². The Hall–Kier alpha value is -0.940. The molecule has 0 saturated heterocycles. The normalized spacial score (nSPS) is 13.8. The Balaban J connectivity index is 2.90. The number of nitrogens with zero attached hydrogens (tertiary/aromatic N) is 3. The van der Waals surface area contributed by atoms with E-state index in [4.69, 9.17) is 4.74 Å². The molecular weight excluding hydrogens is 228 g/mol. The Morgan fingerprint density at radius 2 is 2.06 bits per heavy atom. The van der Waals surface area contributed by atoms with Gasteiger partial charge in [0.05, 0.1) is 5.60 Å². The molecule has 0 amide bonds. The number of methoxy groups -OCH3 is 1. The van der Waals surface area contributed by atoms with Gasteiger partial charge in [0.15, 0.2) is 0 Å². The highest BCUT2D eigenvalue weighted by molar-refractivity contribution is 4.99. The predicted molar refractivity (Wildman–Crippen MR) is 72.5 cm³/mol. The molecule has 0 spiro atoms. The third-order valence-corrected chi connectivity index (χ3v) is 3.88. The molecule has 0 saturated carbocycles. The van der Waals surface area contributed by atoms with Crippen LogP contribution in [0.1, 0.15) is 39.4 Å². The summed E-state index contributed by atoms with van der Waals surface area (Å²) in [5.41, 5.74) is -0.137. The first kappa shape index (κ1) is 15.1. The molecule has 18 heavy (non-hydrogen) atoms. The zero-order valence-corrected chi connectivity index (χ0v) is 12.2. The van der Waals surface area contributed by atoms with Crippen molar-refractivity contribution in [2.24, 2.45) is 7.05 Å². The molecule has 1 aromatic rings. The number of nitrogens with one attached hydrogen (secondary N) is 1. The third kappa shape index (κ3) is 3.09. The molecule has 104 valence electrons. The van der Waals surface area contributed by atoms with E-state index in [2.05, 4.69) is 36.2 Å². The van der Waals surface area contributed by atoms with Gasteiger partial charge in [-0.2, -0.15) is 5.10 Å². The van der Waals surface area contributed by atoms with Crippen molar-refractivity contribution in [2.45, 2.75) is 51.7 Å². The topological polar surface area (TPSA) is 52.0 Å². The average molecular weight is 254 g/mol. The van der Waals surface area contributed by atoms with Crippen molar-refractivity contribution in [3.05, 3.63) is 12.2 Å². The molecule has 1 atom stereocenters. The number of rotatable bonds is 8. The third-order valence-electron chi connectivity index (χ3n) is 3.88. The van der Waals surface area contributed by atoms with Crippen LogP contribution in [0, 0.1) is 0 Å². The lowest BCUT2D eigenvalue weighted by molar-refractivity contribution is -0.0474. The van der Waals surface area contributed by atoms with Gasteiger partial charge in [0.25, 0.3) is 0 Å². The van der Waals surface area contributed by atoms with E-state index in [0.29, 0.717) is 0 Å². The van der Waals surface area contributed by atoms with Gasteiger partial charge in [-0.3, -0.25) is 4.68 Å². The van der Waals surface area contributed by atoms with E-state index in [1.54, 1.807) is 13.4 Å². The van der Waals surface area contributed by atoms with Gasteiger partial charge in [-0.05, 0) is 19.4 Å². The Kier molecular flexibility index (Phi) is 5.75. The Labute approximate surface area is 110 Å². The summed E-state index contributed by atoms with van der Waals surface area (Å²) in [5, 5.41) is 7.66. The largest absolute Gasteiger partial charge is 0.377 e. The van der Waals surface area contributed by atoms with Gasteiger partial charge in [-0.25, -0.2) is 4.98 Å². The minimum atomic E-state index is -0.137. The average Bonchev–Trinajstić information content (AvgIpc) is 2.78. The quantitative estimate of drug-likeness (QED) is 0.764. The van der Waals surface area contributed by atoms with Crippen LogP contribution in [0.5, 0.6) is 0 Å². The van der Waals surface area contributed by atoms with Crippen LogP contribution in [0.4, 0.5) is 0 Å². The van der Waals surface area contributed by atoms with Gasteiger partial charge in [-0.1, -0.05) is 20.8 Å². The fourth-order valence-corrected chi connectivity index (χ4v) is 2.55. The zero-order valence-electron chi connectivity index (χ0n) is 12.2. The molecule has 0 radical (unpaired) electrons. The van der Waals surface area contributed by atoms with Crippen molar-refractivity contribution in [3.63, 3.8) is 0 Å². The van der Waals surface area contributed by atoms with E-state index >= 15 is 0 Å². The first-order chi connectivity index (χ1) is 8.63. The van der Waals surface area contributed by atoms with Crippen LogP contribution in [0.25, 0.3) is 0 Å². The van der Waals surface area contributed by atoms with Crippen molar-refractivity contribution in [1.29, 1.82) is 0 Å². The molecule has 0 fully saturated rings. The van der Waals surface area contributed by atoms with Gasteiger partial charge in [0.1, 0.15) is 12.2 Å². The number of aromatic nitrogens is 3. The van der Waals surface area contributed by atoms with Gasteiger partial charge in [0.2, 0.25) is 0 Å². The Bertz CT molecular complexity index is 338. The number of hydrogen-bond acceptors (Lipinski definition) is 4. The molecule has 0 aromatic carbocycles. The smallest absolute Gasteiger partial charge is 0.138 e. The van der Waals surface area contributed by atoms with Crippen molar-refractivity contribution >= 4 is 0 Å². The fourth-order valence-electron chi connectivity index (χ4n) is 2.55. The molecule has 0 aliphatic heterocycles. The molecular formula is C13H26N4O. The minimum Gasteiger partial charge on any atom is -0.377 e. The summed E-state index contributed by atoms with van der Waals surface area (Å²) < 4.78 is 7.65. The van der Waals surface area contributed by atoms with Crippen LogP contribution in [-0.4, -0.2) is 40.1 Å². The maximum absolute atomic E-state index is 5.82. The molecule has 0 bridgehead atoms. The lowest BCUT2D eigenvalue weighted by atomic mass is 9.86. The molecule has 1 N–H and O–H groups in total. The van der Waals surface area contributed by atoms with Crippen molar-refractivity contribution < 1.29 is 4.74 Å². The van der Waals surface area contributed by atoms with Crippen LogP contribution >= 0.6 is 0 Å². The molecule has 5 heteroatoms. The fraction of sp³-hybridized carbons (Fsp3) is 0.846. The maximum atomic E-state index is 5.82. The SMILES string of the molecule is CCNC(Cc1ncnn1C)C(CC)(CC)OC. The molecule has 0 aliphatic carbocycles. The second-order valence-electron chi connectivity index (χ2n) is 4.59. The highest BCUT2D eigenvalue weighted by atomic mass is 16.5. The summed E-state index contributed by atoms with van der Waals surface area (Å²) in [6, 6.07) is 0.255. The Morgan fingerprint density at radius 1 is 1.39 bits per heavy atom. The molecule has 1 rings (SSSR count). The second kappa shape index (κ2) is 6.85. The number of hydrogen-bond donors (Lipinski definition) is 1. The molecule has 1 aromatic heterocycles. The highest BCUT2D eigenvalue weighted by Crippen LogP contribution is 2.26. The molecule has 5 nitrogen and oxygen atoms in total.